The van der Waals surface area contributed by atoms with Crippen LogP contribution in [0.25, 0.3) is 11.3 Å². The molecule has 2 heterocycles. The highest BCUT2D eigenvalue weighted by molar-refractivity contribution is 6.33. The van der Waals surface area contributed by atoms with E-state index in [1.807, 2.05) is 32.0 Å². The first-order valence-corrected chi connectivity index (χ1v) is 8.24. The maximum absolute atomic E-state index is 12.2. The van der Waals surface area contributed by atoms with Gasteiger partial charge in [-0.25, -0.2) is 9.97 Å². The largest absolute Gasteiger partial charge is 0.356 e. The number of benzene rings is 1. The Hall–Kier alpha value is -2.73. The highest BCUT2D eigenvalue weighted by Gasteiger charge is 2.13. The number of aromatic nitrogens is 3. The average Bonchev–Trinajstić information content (AvgIpc) is 3.09. The standard InChI is InChI=1S/C18H17ClN4O2/c1-11(2)17-20-8-7-15(22-17)18(24)21-10-12-9-16(25-23-12)13-5-3-4-6-14(13)19/h3-9,11H,10H2,1-2H3,(H,21,24). The topological polar surface area (TPSA) is 80.9 Å². The number of nitrogens with zero attached hydrogens (tertiary/aromatic N) is 3. The van der Waals surface area contributed by atoms with Crippen LogP contribution < -0.4 is 5.32 Å². The number of carbonyl (C=O) groups excluding carboxylic acids is 1. The molecular formula is C18H17ClN4O2. The second kappa shape index (κ2) is 7.44. The average molecular weight is 357 g/mol. The second-order valence-electron chi connectivity index (χ2n) is 5.80. The van der Waals surface area contributed by atoms with Crippen molar-refractivity contribution in [2.75, 3.05) is 0 Å². The molecule has 0 aliphatic heterocycles. The molecule has 0 unspecified atom stereocenters. The zero-order valence-electron chi connectivity index (χ0n) is 13.9. The van der Waals surface area contributed by atoms with Gasteiger partial charge in [-0.3, -0.25) is 4.79 Å². The molecule has 1 aromatic carbocycles. The van der Waals surface area contributed by atoms with Gasteiger partial charge in [-0.1, -0.05) is 42.7 Å². The molecule has 0 saturated heterocycles. The van der Waals surface area contributed by atoms with E-state index < -0.39 is 0 Å². The summed E-state index contributed by atoms with van der Waals surface area (Å²) in [5, 5.41) is 7.32. The third-order valence-electron chi connectivity index (χ3n) is 3.55. The summed E-state index contributed by atoms with van der Waals surface area (Å²) in [5.74, 6) is 1.06. The number of hydrogen-bond acceptors (Lipinski definition) is 5. The van der Waals surface area contributed by atoms with E-state index in [1.165, 1.54) is 0 Å². The summed E-state index contributed by atoms with van der Waals surface area (Å²) in [6.07, 6.45) is 1.59. The Morgan fingerprint density at radius 3 is 2.84 bits per heavy atom. The molecule has 0 spiro atoms. The molecule has 0 aliphatic carbocycles. The minimum atomic E-state index is -0.286. The molecule has 7 heteroatoms. The van der Waals surface area contributed by atoms with Crippen molar-refractivity contribution in [1.29, 1.82) is 0 Å². The Bertz CT molecular complexity index is 892. The van der Waals surface area contributed by atoms with Crippen molar-refractivity contribution in [1.82, 2.24) is 20.4 Å². The van der Waals surface area contributed by atoms with Gasteiger partial charge < -0.3 is 9.84 Å². The van der Waals surface area contributed by atoms with Crippen LogP contribution in [0.3, 0.4) is 0 Å². The lowest BCUT2D eigenvalue weighted by atomic mass is 10.1. The minimum absolute atomic E-state index is 0.154. The van der Waals surface area contributed by atoms with Crippen molar-refractivity contribution in [3.8, 4) is 11.3 Å². The first-order valence-electron chi connectivity index (χ1n) is 7.86. The van der Waals surface area contributed by atoms with Gasteiger partial charge in [0.25, 0.3) is 5.91 Å². The van der Waals surface area contributed by atoms with Crippen LogP contribution >= 0.6 is 11.6 Å². The van der Waals surface area contributed by atoms with Gasteiger partial charge >= 0.3 is 0 Å². The number of carbonyl (C=O) groups is 1. The highest BCUT2D eigenvalue weighted by Crippen LogP contribution is 2.27. The van der Waals surface area contributed by atoms with E-state index in [0.29, 0.717) is 28.0 Å². The SMILES string of the molecule is CC(C)c1nccc(C(=O)NCc2cc(-c3ccccc3Cl)on2)n1. The first kappa shape index (κ1) is 17.1. The van der Waals surface area contributed by atoms with Crippen molar-refractivity contribution in [3.63, 3.8) is 0 Å². The smallest absolute Gasteiger partial charge is 0.270 e. The summed E-state index contributed by atoms with van der Waals surface area (Å²) in [7, 11) is 0. The van der Waals surface area contributed by atoms with E-state index in [4.69, 9.17) is 16.1 Å². The fraction of sp³-hybridized carbons (Fsp3) is 0.222. The molecule has 128 valence electrons. The number of rotatable bonds is 5. The second-order valence-corrected chi connectivity index (χ2v) is 6.21. The zero-order valence-corrected chi connectivity index (χ0v) is 14.6. The molecule has 0 radical (unpaired) electrons. The Morgan fingerprint density at radius 1 is 1.28 bits per heavy atom. The molecule has 25 heavy (non-hydrogen) atoms. The number of halogens is 1. The van der Waals surface area contributed by atoms with Gasteiger partial charge in [-0.2, -0.15) is 0 Å². The van der Waals surface area contributed by atoms with Crippen LogP contribution in [0.1, 0.15) is 41.8 Å². The molecule has 1 amide bonds. The van der Waals surface area contributed by atoms with Crippen LogP contribution in [-0.2, 0) is 6.54 Å². The van der Waals surface area contributed by atoms with Crippen molar-refractivity contribution < 1.29 is 9.32 Å². The van der Waals surface area contributed by atoms with Crippen LogP contribution in [-0.4, -0.2) is 21.0 Å². The third kappa shape index (κ3) is 4.03. The molecule has 1 N–H and O–H groups in total. The molecule has 0 atom stereocenters. The Kier molecular flexibility index (Phi) is 5.09. The molecule has 0 aliphatic rings. The van der Waals surface area contributed by atoms with Crippen molar-refractivity contribution in [3.05, 3.63) is 64.8 Å². The molecule has 0 bridgehead atoms. The number of nitrogens with one attached hydrogen (secondary N) is 1. The van der Waals surface area contributed by atoms with E-state index in [1.54, 1.807) is 24.4 Å². The van der Waals surface area contributed by atoms with Gasteiger partial charge in [0.05, 0.1) is 11.6 Å². The molecule has 3 aromatic rings. The first-order chi connectivity index (χ1) is 12.0. The Morgan fingerprint density at radius 2 is 2.08 bits per heavy atom. The van der Waals surface area contributed by atoms with Crippen LogP contribution in [0, 0.1) is 0 Å². The van der Waals surface area contributed by atoms with Gasteiger partial charge in [0, 0.05) is 23.7 Å². The molecule has 0 fully saturated rings. The lowest BCUT2D eigenvalue weighted by Gasteiger charge is -2.06. The predicted molar refractivity (Wildman–Crippen MR) is 94.2 cm³/mol. The Balaban J connectivity index is 1.67. The summed E-state index contributed by atoms with van der Waals surface area (Å²) in [6, 6.07) is 10.7. The number of amides is 1. The fourth-order valence-electron chi connectivity index (χ4n) is 2.22. The monoisotopic (exact) mass is 356 g/mol. The molecule has 6 nitrogen and oxygen atoms in total. The minimum Gasteiger partial charge on any atom is -0.356 e. The van der Waals surface area contributed by atoms with Crippen molar-refractivity contribution in [2.24, 2.45) is 0 Å². The van der Waals surface area contributed by atoms with Crippen molar-refractivity contribution >= 4 is 17.5 Å². The highest BCUT2D eigenvalue weighted by atomic mass is 35.5. The quantitative estimate of drug-likeness (QED) is 0.751. The van der Waals surface area contributed by atoms with E-state index >= 15 is 0 Å². The molecular weight excluding hydrogens is 340 g/mol. The van der Waals surface area contributed by atoms with Gasteiger partial charge in [0.2, 0.25) is 0 Å². The van der Waals surface area contributed by atoms with E-state index in [0.717, 1.165) is 5.56 Å². The van der Waals surface area contributed by atoms with E-state index in [2.05, 4.69) is 20.4 Å². The van der Waals surface area contributed by atoms with E-state index in [-0.39, 0.29) is 18.4 Å². The Labute approximate surface area is 150 Å². The van der Waals surface area contributed by atoms with Crippen LogP contribution in [0.4, 0.5) is 0 Å². The van der Waals surface area contributed by atoms with Crippen LogP contribution in [0.15, 0.2) is 47.1 Å². The predicted octanol–water partition coefficient (Wildman–Crippen LogP) is 3.84. The molecule has 0 saturated carbocycles. The maximum Gasteiger partial charge on any atom is 0.270 e. The summed E-state index contributed by atoms with van der Waals surface area (Å²) >= 11 is 6.14. The van der Waals surface area contributed by atoms with Crippen molar-refractivity contribution in [2.45, 2.75) is 26.3 Å². The van der Waals surface area contributed by atoms with E-state index in [9.17, 15) is 4.79 Å². The summed E-state index contributed by atoms with van der Waals surface area (Å²) in [6.45, 7) is 4.18. The maximum atomic E-state index is 12.2. The lowest BCUT2D eigenvalue weighted by Crippen LogP contribution is -2.24. The summed E-state index contributed by atoms with van der Waals surface area (Å²) in [5.41, 5.74) is 1.68. The zero-order chi connectivity index (χ0) is 17.8. The van der Waals surface area contributed by atoms with Gasteiger partial charge in [-0.15, -0.1) is 0 Å². The van der Waals surface area contributed by atoms with Crippen LogP contribution in [0.2, 0.25) is 5.02 Å². The normalized spacial score (nSPS) is 10.9. The van der Waals surface area contributed by atoms with Gasteiger partial charge in [-0.05, 0) is 18.2 Å². The fourth-order valence-corrected chi connectivity index (χ4v) is 2.45. The van der Waals surface area contributed by atoms with Gasteiger partial charge in [0.1, 0.15) is 17.2 Å². The summed E-state index contributed by atoms with van der Waals surface area (Å²) in [4.78, 5) is 20.7. The molecule has 2 aromatic heterocycles. The number of hydrogen-bond donors (Lipinski definition) is 1. The van der Waals surface area contributed by atoms with Crippen LogP contribution in [0.5, 0.6) is 0 Å². The van der Waals surface area contributed by atoms with Gasteiger partial charge in [0.15, 0.2) is 5.76 Å². The molecule has 3 rings (SSSR count). The third-order valence-corrected chi connectivity index (χ3v) is 3.88. The summed E-state index contributed by atoms with van der Waals surface area (Å²) < 4.78 is 5.31. The lowest BCUT2D eigenvalue weighted by molar-refractivity contribution is 0.0944.